The average Bonchev–Trinajstić information content (AvgIpc) is 4.07. The van der Waals surface area contributed by atoms with Crippen LogP contribution in [0, 0.1) is 11.8 Å². The molecule has 2 aromatic rings. The van der Waals surface area contributed by atoms with Crippen LogP contribution in [-0.4, -0.2) is 95.3 Å². The molecule has 2 bridgehead atoms. The van der Waals surface area contributed by atoms with E-state index in [0.717, 1.165) is 38.5 Å². The Morgan fingerprint density at radius 2 is 1.86 bits per heavy atom. The number of hydrogen-bond acceptors (Lipinski definition) is 9. The molecular formula is C40H52ClN5O9S. The number of nitrogens with zero attached hydrogens (tertiary/aromatic N) is 3. The maximum atomic E-state index is 14.9. The summed E-state index contributed by atoms with van der Waals surface area (Å²) in [5.41, 5.74) is -1.74. The van der Waals surface area contributed by atoms with E-state index in [4.69, 9.17) is 21.1 Å². The average molecular weight is 814 g/mol. The second-order valence-corrected chi connectivity index (χ2v) is 18.4. The van der Waals surface area contributed by atoms with Gasteiger partial charge in [-0.05, 0) is 87.3 Å². The van der Waals surface area contributed by atoms with Crippen LogP contribution in [0.1, 0.15) is 90.4 Å². The lowest BCUT2D eigenvalue weighted by molar-refractivity contribution is -0.149. The predicted octanol–water partition coefficient (Wildman–Crippen LogP) is 4.65. The summed E-state index contributed by atoms with van der Waals surface area (Å²) >= 11 is 6.33. The Balaban J connectivity index is 1.23. The van der Waals surface area contributed by atoms with Crippen LogP contribution in [0.25, 0.3) is 10.8 Å². The molecule has 14 nitrogen and oxygen atoms in total. The van der Waals surface area contributed by atoms with Gasteiger partial charge in [0.15, 0.2) is 5.88 Å². The molecule has 1 aromatic carbocycles. The zero-order valence-corrected chi connectivity index (χ0v) is 33.5. The van der Waals surface area contributed by atoms with Crippen LogP contribution in [0.2, 0.25) is 5.02 Å². The number of nitrogens with one attached hydrogen (secondary N) is 2. The lowest BCUT2D eigenvalue weighted by atomic mass is 9.98. The van der Waals surface area contributed by atoms with Gasteiger partial charge in [0, 0.05) is 41.9 Å². The van der Waals surface area contributed by atoms with Crippen molar-refractivity contribution in [3.8, 4) is 5.88 Å². The van der Waals surface area contributed by atoms with Gasteiger partial charge >= 0.3 is 6.09 Å². The summed E-state index contributed by atoms with van der Waals surface area (Å²) in [6.07, 6.45) is 8.07. The Morgan fingerprint density at radius 1 is 1.07 bits per heavy atom. The minimum Gasteiger partial charge on any atom is -0.473 e. The Bertz CT molecular complexity index is 2050. The molecule has 2 N–H and O–H groups in total. The van der Waals surface area contributed by atoms with Crippen LogP contribution in [0.4, 0.5) is 4.79 Å². The summed E-state index contributed by atoms with van der Waals surface area (Å²) < 4.78 is 42.2. The first-order valence-corrected chi connectivity index (χ1v) is 22.0. The molecule has 3 aliphatic carbocycles. The highest BCUT2D eigenvalue weighted by atomic mass is 35.5. The topological polar surface area (TPSA) is 173 Å². The number of carbonyl (C=O) groups excluding carboxylic acids is 4. The molecule has 5 aliphatic rings. The Morgan fingerprint density at radius 3 is 2.59 bits per heavy atom. The van der Waals surface area contributed by atoms with Crippen LogP contribution in [0.5, 0.6) is 5.88 Å². The molecule has 4 amide bonds. The van der Waals surface area contributed by atoms with Gasteiger partial charge < -0.3 is 24.6 Å². The van der Waals surface area contributed by atoms with Gasteiger partial charge in [-0.1, -0.05) is 43.9 Å². The van der Waals surface area contributed by atoms with Crippen LogP contribution in [0.15, 0.2) is 41.7 Å². The zero-order chi connectivity index (χ0) is 39.8. The molecule has 4 unspecified atom stereocenters. The minimum atomic E-state index is -3.93. The second kappa shape index (κ2) is 16.4. The predicted molar refractivity (Wildman–Crippen MR) is 210 cm³/mol. The van der Waals surface area contributed by atoms with Gasteiger partial charge in [-0.25, -0.2) is 13.2 Å². The van der Waals surface area contributed by atoms with Crippen molar-refractivity contribution in [1.82, 2.24) is 24.4 Å². The van der Waals surface area contributed by atoms with Crippen molar-refractivity contribution in [3.05, 3.63) is 52.3 Å². The molecule has 2 aliphatic heterocycles. The first kappa shape index (κ1) is 40.1. The summed E-state index contributed by atoms with van der Waals surface area (Å²) in [5, 5.41) is 3.49. The van der Waals surface area contributed by atoms with E-state index in [0.29, 0.717) is 54.4 Å². The number of sulfonamides is 1. The van der Waals surface area contributed by atoms with Crippen molar-refractivity contribution in [3.63, 3.8) is 0 Å². The maximum Gasteiger partial charge on any atom is 0.407 e. The Kier molecular flexibility index (Phi) is 11.7. The molecule has 0 spiro atoms. The standard InChI is InChI=1S/C40H52ClN5O9S/c1-3-5-18-46(40(22-27(40)4-2)38(50)43-56(52,53)30-14-15-30)37(49)32-21-29-24-45(32)34(47)23-42-39(51)55-33-12-9-11-25(33)10-7-6-8-17-44-35(54-29)20-26-19-28(41)13-16-31(26)36(44)48/h4,13,16,19-20,25,27,29-30,32-33H,2-3,5-12,14-15,17-18,21-24H2,1H3,(H,42,51)(H,43,50)/t25?,27-,29?,32?,33?,40-/m1/s1. The highest BCUT2D eigenvalue weighted by Crippen LogP contribution is 2.51. The highest BCUT2D eigenvalue weighted by molar-refractivity contribution is 7.91. The Labute approximate surface area is 332 Å². The van der Waals surface area contributed by atoms with Crippen molar-refractivity contribution in [2.45, 2.75) is 126 Å². The fourth-order valence-corrected chi connectivity index (χ4v) is 10.4. The van der Waals surface area contributed by atoms with Crippen molar-refractivity contribution in [2.24, 2.45) is 11.8 Å². The molecular weight excluding hydrogens is 762 g/mol. The van der Waals surface area contributed by atoms with E-state index in [1.165, 1.54) is 9.80 Å². The molecule has 304 valence electrons. The highest BCUT2D eigenvalue weighted by Gasteiger charge is 2.65. The number of hydrogen-bond donors (Lipinski definition) is 2. The number of carbonyl (C=O) groups is 4. The van der Waals surface area contributed by atoms with E-state index in [2.05, 4.69) is 16.6 Å². The number of rotatable bonds is 9. The first-order chi connectivity index (χ1) is 26.9. The van der Waals surface area contributed by atoms with E-state index < -0.39 is 69.2 Å². The number of ether oxygens (including phenoxy) is 2. The van der Waals surface area contributed by atoms with E-state index in [9.17, 15) is 32.4 Å². The van der Waals surface area contributed by atoms with Crippen molar-refractivity contribution < 1.29 is 37.1 Å². The number of fused-ring (bicyclic) bond motifs is 5. The third-order valence-corrected chi connectivity index (χ3v) is 14.3. The largest absolute Gasteiger partial charge is 0.473 e. The quantitative estimate of drug-likeness (QED) is 0.342. The summed E-state index contributed by atoms with van der Waals surface area (Å²) in [7, 11) is -3.93. The van der Waals surface area contributed by atoms with Gasteiger partial charge in [-0.2, -0.15) is 0 Å². The third kappa shape index (κ3) is 8.16. The van der Waals surface area contributed by atoms with E-state index >= 15 is 0 Å². The summed E-state index contributed by atoms with van der Waals surface area (Å²) in [5.74, 6) is -1.90. The molecule has 1 aromatic heterocycles. The van der Waals surface area contributed by atoms with Crippen LogP contribution < -0.4 is 20.3 Å². The molecule has 7 rings (SSSR count). The van der Waals surface area contributed by atoms with Crippen LogP contribution >= 0.6 is 11.6 Å². The third-order valence-electron chi connectivity index (χ3n) is 12.2. The number of aromatic nitrogens is 1. The SMILES string of the molecule is C=C[C@@H]1C[C@@]1(C(=O)NS(=O)(=O)C1CC1)N(CCCC)C(=O)C1CC2CN1C(=O)CNC(=O)OC1CCCC1CCCCCn1c(cc3cc(Cl)ccc3c1=O)O2. The number of pyridine rings is 1. The van der Waals surface area contributed by atoms with Gasteiger partial charge in [0.25, 0.3) is 11.5 Å². The van der Waals surface area contributed by atoms with Crippen LogP contribution in [-0.2, 0) is 35.7 Å². The lowest BCUT2D eigenvalue weighted by Crippen LogP contribution is -2.59. The van der Waals surface area contributed by atoms with Crippen molar-refractivity contribution in [2.75, 3.05) is 19.6 Å². The van der Waals surface area contributed by atoms with Crippen molar-refractivity contribution >= 4 is 56.2 Å². The molecule has 16 heteroatoms. The van der Waals surface area contributed by atoms with E-state index in [1.807, 2.05) is 6.92 Å². The number of benzene rings is 1. The maximum absolute atomic E-state index is 14.9. The smallest absolute Gasteiger partial charge is 0.407 e. The summed E-state index contributed by atoms with van der Waals surface area (Å²) in [6.45, 7) is 5.84. The van der Waals surface area contributed by atoms with Gasteiger partial charge in [-0.15, -0.1) is 6.58 Å². The molecule has 56 heavy (non-hydrogen) atoms. The van der Waals surface area contributed by atoms with Gasteiger partial charge in [0.2, 0.25) is 21.8 Å². The molecule has 6 atom stereocenters. The van der Waals surface area contributed by atoms with E-state index in [-0.39, 0.29) is 49.4 Å². The van der Waals surface area contributed by atoms with E-state index in [1.54, 1.807) is 34.9 Å². The second-order valence-electron chi connectivity index (χ2n) is 16.0. The monoisotopic (exact) mass is 813 g/mol. The van der Waals surface area contributed by atoms with Gasteiger partial charge in [-0.3, -0.25) is 28.5 Å². The number of alkyl carbamates (subject to hydrolysis) is 1. The number of amides is 4. The molecule has 3 saturated carbocycles. The first-order valence-electron chi connectivity index (χ1n) is 20.1. The fraction of sp³-hybridized carbons (Fsp3) is 0.625. The minimum absolute atomic E-state index is 0.0139. The van der Waals surface area contributed by atoms with Crippen LogP contribution in [0.3, 0.4) is 0 Å². The lowest BCUT2D eigenvalue weighted by Gasteiger charge is -2.36. The summed E-state index contributed by atoms with van der Waals surface area (Å²) in [6, 6.07) is 5.69. The number of halogens is 1. The van der Waals surface area contributed by atoms with Crippen molar-refractivity contribution in [1.29, 1.82) is 0 Å². The van der Waals surface area contributed by atoms with Gasteiger partial charge in [0.05, 0.1) is 11.8 Å². The molecule has 4 fully saturated rings. The normalized spacial score (nSPS) is 28.5. The molecule has 3 heterocycles. The Hall–Kier alpha value is -4.11. The molecule has 1 saturated heterocycles. The summed E-state index contributed by atoms with van der Waals surface area (Å²) in [4.78, 5) is 72.8. The van der Waals surface area contributed by atoms with Gasteiger partial charge in [0.1, 0.15) is 30.3 Å². The number of unbranched alkanes of at least 4 members (excludes halogenated alkanes) is 1. The zero-order valence-electron chi connectivity index (χ0n) is 31.9. The fourth-order valence-electron chi connectivity index (χ4n) is 8.88. The molecule has 0 radical (unpaired) electrons.